The van der Waals surface area contributed by atoms with E-state index >= 15 is 0 Å². The predicted molar refractivity (Wildman–Crippen MR) is 114 cm³/mol. The smallest absolute Gasteiger partial charge is 0.255 e. The molecule has 2 heterocycles. The molecule has 4 rings (SSSR count). The van der Waals surface area contributed by atoms with Crippen LogP contribution in [0.5, 0.6) is 5.75 Å². The maximum atomic E-state index is 12.1. The number of aromatic amines is 1. The van der Waals surface area contributed by atoms with Crippen LogP contribution in [0.2, 0.25) is 5.02 Å². The Bertz CT molecular complexity index is 1050. The van der Waals surface area contributed by atoms with Crippen molar-refractivity contribution in [3.8, 4) is 5.75 Å². The van der Waals surface area contributed by atoms with E-state index < -0.39 is 0 Å². The minimum Gasteiger partial charge on any atom is -0.490 e. The number of pyridine rings is 1. The molecule has 0 saturated carbocycles. The molecule has 28 heavy (non-hydrogen) atoms. The minimum atomic E-state index is -0.0513. The van der Waals surface area contributed by atoms with E-state index in [0.717, 1.165) is 65.1 Å². The topological polar surface area (TPSA) is 45.3 Å². The lowest BCUT2D eigenvalue weighted by atomic mass is 10.0. The number of rotatable bonds is 4. The molecule has 146 valence electrons. The van der Waals surface area contributed by atoms with E-state index in [2.05, 4.69) is 16.0 Å². The zero-order valence-corrected chi connectivity index (χ0v) is 17.1. The maximum absolute atomic E-state index is 12.1. The normalized spacial score (nSPS) is 15.8. The average molecular weight is 397 g/mol. The molecule has 0 atom stereocenters. The number of hydrogen-bond donors (Lipinski definition) is 1. The van der Waals surface area contributed by atoms with Crippen molar-refractivity contribution < 1.29 is 4.74 Å². The summed E-state index contributed by atoms with van der Waals surface area (Å²) in [5, 5.41) is 2.47. The van der Waals surface area contributed by atoms with Gasteiger partial charge in [0, 0.05) is 36.2 Å². The van der Waals surface area contributed by atoms with E-state index in [9.17, 15) is 4.79 Å². The molecule has 0 aliphatic carbocycles. The summed E-state index contributed by atoms with van der Waals surface area (Å²) in [7, 11) is 0. The molecule has 1 aliphatic heterocycles. The molecular weight excluding hydrogens is 372 g/mol. The maximum Gasteiger partial charge on any atom is 0.255 e. The summed E-state index contributed by atoms with van der Waals surface area (Å²) in [4.78, 5) is 17.3. The zero-order valence-electron chi connectivity index (χ0n) is 16.3. The summed E-state index contributed by atoms with van der Waals surface area (Å²) >= 11 is 6.09. The van der Waals surface area contributed by atoms with Crippen LogP contribution in [0, 0.1) is 13.8 Å². The lowest BCUT2D eigenvalue weighted by Gasteiger charge is -2.32. The zero-order chi connectivity index (χ0) is 19.7. The van der Waals surface area contributed by atoms with E-state index in [0.29, 0.717) is 0 Å². The molecular formula is C23H25ClN2O2. The lowest BCUT2D eigenvalue weighted by Crippen LogP contribution is -2.37. The highest BCUT2D eigenvalue weighted by Crippen LogP contribution is 2.28. The van der Waals surface area contributed by atoms with Crippen molar-refractivity contribution in [2.24, 2.45) is 0 Å². The van der Waals surface area contributed by atoms with Gasteiger partial charge in [-0.15, -0.1) is 0 Å². The second-order valence-corrected chi connectivity index (χ2v) is 8.12. The van der Waals surface area contributed by atoms with Crippen LogP contribution in [-0.2, 0) is 6.54 Å². The average Bonchev–Trinajstić information content (AvgIpc) is 2.67. The number of piperidine rings is 1. The monoisotopic (exact) mass is 396 g/mol. The standard InChI is InChI=1S/C23H25ClN2O2/c1-15-10-21-20(16(2)13-25-23(21)27)12-22(15)28-19-6-8-26(9-7-19)14-17-4-3-5-18(24)11-17/h3-5,10-13,19H,6-9,14H2,1-2H3,(H,25,27). The highest BCUT2D eigenvalue weighted by Gasteiger charge is 2.21. The van der Waals surface area contributed by atoms with Gasteiger partial charge in [0.25, 0.3) is 5.56 Å². The molecule has 1 aliphatic rings. The van der Waals surface area contributed by atoms with Crippen molar-refractivity contribution >= 4 is 22.4 Å². The van der Waals surface area contributed by atoms with Crippen LogP contribution in [0.4, 0.5) is 0 Å². The van der Waals surface area contributed by atoms with Gasteiger partial charge >= 0.3 is 0 Å². The largest absolute Gasteiger partial charge is 0.490 e. The van der Waals surface area contributed by atoms with Gasteiger partial charge in [-0.05, 0) is 73.0 Å². The highest BCUT2D eigenvalue weighted by molar-refractivity contribution is 6.30. The van der Waals surface area contributed by atoms with Crippen molar-refractivity contribution in [2.75, 3.05) is 13.1 Å². The molecule has 1 aromatic heterocycles. The fraction of sp³-hybridized carbons (Fsp3) is 0.348. The number of fused-ring (bicyclic) bond motifs is 1. The van der Waals surface area contributed by atoms with Crippen molar-refractivity contribution in [3.63, 3.8) is 0 Å². The first kappa shape index (κ1) is 19.0. The van der Waals surface area contributed by atoms with Gasteiger partial charge in [0.1, 0.15) is 11.9 Å². The van der Waals surface area contributed by atoms with Crippen molar-refractivity contribution in [1.82, 2.24) is 9.88 Å². The van der Waals surface area contributed by atoms with Gasteiger partial charge in [-0.3, -0.25) is 9.69 Å². The van der Waals surface area contributed by atoms with E-state index in [-0.39, 0.29) is 11.7 Å². The van der Waals surface area contributed by atoms with Crippen LogP contribution in [0.25, 0.3) is 10.8 Å². The second kappa shape index (κ2) is 7.98. The fourth-order valence-electron chi connectivity index (χ4n) is 3.92. The first-order valence-corrected chi connectivity index (χ1v) is 10.1. The number of hydrogen-bond acceptors (Lipinski definition) is 3. The Labute approximate surface area is 170 Å². The second-order valence-electron chi connectivity index (χ2n) is 7.69. The number of halogens is 1. The van der Waals surface area contributed by atoms with Crippen LogP contribution in [-0.4, -0.2) is 29.1 Å². The van der Waals surface area contributed by atoms with Gasteiger partial charge in [0.2, 0.25) is 0 Å². The summed E-state index contributed by atoms with van der Waals surface area (Å²) in [6.07, 6.45) is 3.95. The summed E-state index contributed by atoms with van der Waals surface area (Å²) < 4.78 is 6.35. The van der Waals surface area contributed by atoms with Gasteiger partial charge in [0.05, 0.1) is 0 Å². The van der Waals surface area contributed by atoms with Crippen LogP contribution >= 0.6 is 11.6 Å². The Kier molecular flexibility index (Phi) is 5.42. The minimum absolute atomic E-state index is 0.0513. The van der Waals surface area contributed by atoms with Gasteiger partial charge in [-0.1, -0.05) is 23.7 Å². The highest BCUT2D eigenvalue weighted by atomic mass is 35.5. The van der Waals surface area contributed by atoms with Crippen molar-refractivity contribution in [1.29, 1.82) is 0 Å². The van der Waals surface area contributed by atoms with Crippen molar-refractivity contribution in [3.05, 3.63) is 74.7 Å². The van der Waals surface area contributed by atoms with Gasteiger partial charge in [0.15, 0.2) is 0 Å². The third-order valence-corrected chi connectivity index (χ3v) is 5.76. The first-order chi connectivity index (χ1) is 13.5. The number of nitrogens with zero attached hydrogens (tertiary/aromatic N) is 1. The molecule has 1 N–H and O–H groups in total. The van der Waals surface area contributed by atoms with E-state index in [4.69, 9.17) is 16.3 Å². The third-order valence-electron chi connectivity index (χ3n) is 5.53. The molecule has 1 fully saturated rings. The molecule has 5 heteroatoms. The van der Waals surface area contributed by atoms with Crippen LogP contribution in [0.15, 0.2) is 47.4 Å². The Balaban J connectivity index is 1.43. The Morgan fingerprint density at radius 1 is 1.11 bits per heavy atom. The van der Waals surface area contributed by atoms with Crippen LogP contribution < -0.4 is 10.3 Å². The number of aryl methyl sites for hydroxylation is 2. The Morgan fingerprint density at radius 2 is 1.89 bits per heavy atom. The molecule has 4 nitrogen and oxygen atoms in total. The fourth-order valence-corrected chi connectivity index (χ4v) is 4.13. The third kappa shape index (κ3) is 4.08. The number of benzene rings is 2. The molecule has 3 aromatic rings. The molecule has 0 spiro atoms. The molecule has 1 saturated heterocycles. The van der Waals surface area contributed by atoms with E-state index in [1.807, 2.05) is 44.2 Å². The van der Waals surface area contributed by atoms with E-state index in [1.165, 1.54) is 5.56 Å². The van der Waals surface area contributed by atoms with Gasteiger partial charge < -0.3 is 9.72 Å². The van der Waals surface area contributed by atoms with Gasteiger partial charge in [-0.2, -0.15) is 0 Å². The number of H-pyrrole nitrogens is 1. The summed E-state index contributed by atoms with van der Waals surface area (Å²) in [5.74, 6) is 0.884. The molecule has 0 radical (unpaired) electrons. The first-order valence-electron chi connectivity index (χ1n) is 9.76. The molecule has 0 amide bonds. The quantitative estimate of drug-likeness (QED) is 0.686. The lowest BCUT2D eigenvalue weighted by molar-refractivity contribution is 0.0964. The Hall–Kier alpha value is -2.30. The predicted octanol–water partition coefficient (Wildman–Crippen LogP) is 4.84. The summed E-state index contributed by atoms with van der Waals surface area (Å²) in [6, 6.07) is 12.0. The number of nitrogens with one attached hydrogen (secondary N) is 1. The Morgan fingerprint density at radius 3 is 2.64 bits per heavy atom. The SMILES string of the molecule is Cc1cc2c(=O)[nH]cc(C)c2cc1OC1CCN(Cc2cccc(Cl)c2)CC1. The van der Waals surface area contributed by atoms with Crippen LogP contribution in [0.1, 0.15) is 29.5 Å². The van der Waals surface area contributed by atoms with Gasteiger partial charge in [-0.25, -0.2) is 0 Å². The number of likely N-dealkylation sites (tertiary alicyclic amines) is 1. The number of aromatic nitrogens is 1. The van der Waals surface area contributed by atoms with Crippen molar-refractivity contribution in [2.45, 2.75) is 39.3 Å². The molecule has 0 bridgehead atoms. The molecule has 0 unspecified atom stereocenters. The number of ether oxygens (including phenoxy) is 1. The van der Waals surface area contributed by atoms with E-state index in [1.54, 1.807) is 6.20 Å². The summed E-state index contributed by atoms with van der Waals surface area (Å²) in [5.41, 5.74) is 3.25. The van der Waals surface area contributed by atoms with Crippen LogP contribution in [0.3, 0.4) is 0 Å². The summed E-state index contributed by atoms with van der Waals surface area (Å²) in [6.45, 7) is 6.94. The molecule has 2 aromatic carbocycles.